The molecule has 1 heterocycles. The fraction of sp³-hybridized carbons (Fsp3) is 0.611. The summed E-state index contributed by atoms with van der Waals surface area (Å²) in [5.74, 6) is 0. The zero-order valence-electron chi connectivity index (χ0n) is 13.3. The number of hydrogen-bond acceptors (Lipinski definition) is 1. The van der Waals surface area contributed by atoms with Crippen LogP contribution in [0.25, 0.3) is 0 Å². The number of urea groups is 1. The molecule has 0 unspecified atom stereocenters. The maximum atomic E-state index is 12.5. The molecule has 1 aromatic rings. The van der Waals surface area contributed by atoms with E-state index in [0.29, 0.717) is 6.04 Å². The third-order valence-electron chi connectivity index (χ3n) is 5.25. The van der Waals surface area contributed by atoms with Gasteiger partial charge < -0.3 is 10.2 Å². The molecule has 0 bridgehead atoms. The van der Waals surface area contributed by atoms with Crippen LogP contribution < -0.4 is 5.32 Å². The van der Waals surface area contributed by atoms with Gasteiger partial charge in [0.25, 0.3) is 0 Å². The van der Waals surface area contributed by atoms with Crippen molar-refractivity contribution in [2.24, 2.45) is 0 Å². The highest BCUT2D eigenvalue weighted by atomic mass is 35.5. The number of benzene rings is 1. The first-order chi connectivity index (χ1) is 10.6. The van der Waals surface area contributed by atoms with Crippen molar-refractivity contribution in [3.05, 3.63) is 34.9 Å². The van der Waals surface area contributed by atoms with Crippen LogP contribution in [0.2, 0.25) is 5.02 Å². The first-order valence-corrected chi connectivity index (χ1v) is 8.83. The Balaban J connectivity index is 1.59. The fourth-order valence-corrected chi connectivity index (χ4v) is 3.69. The Morgan fingerprint density at radius 3 is 2.68 bits per heavy atom. The van der Waals surface area contributed by atoms with E-state index in [-0.39, 0.29) is 11.4 Å². The lowest BCUT2D eigenvalue weighted by atomic mass is 9.96. The molecular formula is C18H25ClN2O. The van der Waals surface area contributed by atoms with Crippen molar-refractivity contribution in [2.75, 3.05) is 13.1 Å². The van der Waals surface area contributed by atoms with Crippen LogP contribution in [0.3, 0.4) is 0 Å². The van der Waals surface area contributed by atoms with E-state index in [4.69, 9.17) is 11.6 Å². The Morgan fingerprint density at radius 2 is 2.05 bits per heavy atom. The van der Waals surface area contributed by atoms with Gasteiger partial charge in [-0.3, -0.25) is 0 Å². The predicted molar refractivity (Wildman–Crippen MR) is 90.4 cm³/mol. The normalized spacial score (nSPS) is 23.2. The van der Waals surface area contributed by atoms with E-state index in [1.165, 1.54) is 12.0 Å². The van der Waals surface area contributed by atoms with Gasteiger partial charge in [0, 0.05) is 29.6 Å². The molecule has 1 aromatic carbocycles. The van der Waals surface area contributed by atoms with Crippen LogP contribution in [0.1, 0.15) is 51.0 Å². The Labute approximate surface area is 138 Å². The molecule has 0 spiro atoms. The number of likely N-dealkylation sites (tertiary alicyclic amines) is 1. The van der Waals surface area contributed by atoms with Gasteiger partial charge in [0.15, 0.2) is 0 Å². The van der Waals surface area contributed by atoms with Gasteiger partial charge in [-0.25, -0.2) is 4.79 Å². The number of nitrogens with zero attached hydrogens (tertiary/aromatic N) is 1. The molecule has 1 atom stereocenters. The average Bonchev–Trinajstić information content (AvgIpc) is 3.34. The second kappa shape index (κ2) is 6.49. The Hall–Kier alpha value is -1.22. The van der Waals surface area contributed by atoms with Gasteiger partial charge in [0.05, 0.1) is 0 Å². The van der Waals surface area contributed by atoms with Gasteiger partial charge in [-0.15, -0.1) is 0 Å². The van der Waals surface area contributed by atoms with E-state index in [2.05, 4.69) is 24.4 Å². The molecule has 4 heteroatoms. The fourth-order valence-electron chi connectivity index (χ4n) is 3.56. The van der Waals surface area contributed by atoms with Crippen LogP contribution in [0.5, 0.6) is 0 Å². The van der Waals surface area contributed by atoms with Crippen molar-refractivity contribution in [1.29, 1.82) is 0 Å². The molecule has 2 fully saturated rings. The summed E-state index contributed by atoms with van der Waals surface area (Å²) in [6.07, 6.45) is 6.86. The number of piperidine rings is 1. The zero-order chi connectivity index (χ0) is 15.6. The Kier molecular flexibility index (Phi) is 4.62. The molecule has 3 nitrogen and oxygen atoms in total. The summed E-state index contributed by atoms with van der Waals surface area (Å²) in [5, 5.41) is 3.95. The minimum Gasteiger partial charge on any atom is -0.337 e. The molecule has 1 saturated carbocycles. The first-order valence-electron chi connectivity index (χ1n) is 8.45. The van der Waals surface area contributed by atoms with Crippen LogP contribution in [0, 0.1) is 0 Å². The van der Waals surface area contributed by atoms with E-state index < -0.39 is 0 Å². The minimum absolute atomic E-state index is 0.117. The summed E-state index contributed by atoms with van der Waals surface area (Å²) in [4.78, 5) is 14.6. The number of rotatable bonds is 4. The highest BCUT2D eigenvalue weighted by Crippen LogP contribution is 2.47. The molecule has 22 heavy (non-hydrogen) atoms. The average molecular weight is 321 g/mol. The van der Waals surface area contributed by atoms with Crippen LogP contribution >= 0.6 is 11.6 Å². The predicted octanol–water partition coefficient (Wildman–Crippen LogP) is 4.35. The molecule has 3 rings (SSSR count). The van der Waals surface area contributed by atoms with E-state index in [9.17, 15) is 4.79 Å². The molecule has 120 valence electrons. The zero-order valence-corrected chi connectivity index (χ0v) is 14.0. The molecule has 2 aliphatic rings. The monoisotopic (exact) mass is 320 g/mol. The van der Waals surface area contributed by atoms with Crippen LogP contribution in [-0.4, -0.2) is 30.1 Å². The van der Waals surface area contributed by atoms with Crippen LogP contribution in [-0.2, 0) is 5.41 Å². The topological polar surface area (TPSA) is 32.3 Å². The van der Waals surface area contributed by atoms with Gasteiger partial charge in [-0.05, 0) is 56.2 Å². The quantitative estimate of drug-likeness (QED) is 0.879. The number of amides is 2. The van der Waals surface area contributed by atoms with Crippen molar-refractivity contribution >= 4 is 17.6 Å². The summed E-state index contributed by atoms with van der Waals surface area (Å²) in [6.45, 7) is 3.81. The number of nitrogens with one attached hydrogen (secondary N) is 1. The third-order valence-corrected chi connectivity index (χ3v) is 5.50. The molecule has 1 aliphatic carbocycles. The highest BCUT2D eigenvalue weighted by molar-refractivity contribution is 6.30. The summed E-state index contributed by atoms with van der Waals surface area (Å²) < 4.78 is 0. The van der Waals surface area contributed by atoms with Crippen molar-refractivity contribution in [1.82, 2.24) is 10.2 Å². The molecule has 0 aromatic heterocycles. The van der Waals surface area contributed by atoms with Gasteiger partial charge in [-0.2, -0.15) is 0 Å². The van der Waals surface area contributed by atoms with Crippen molar-refractivity contribution in [3.8, 4) is 0 Å². The van der Waals surface area contributed by atoms with Crippen molar-refractivity contribution in [3.63, 3.8) is 0 Å². The Bertz CT molecular complexity index is 524. The van der Waals surface area contributed by atoms with Gasteiger partial charge >= 0.3 is 6.03 Å². The smallest absolute Gasteiger partial charge is 0.317 e. The highest BCUT2D eigenvalue weighted by Gasteiger charge is 2.44. The summed E-state index contributed by atoms with van der Waals surface area (Å²) in [6, 6.07) is 8.60. The number of carbonyl (C=O) groups excluding carboxylic acids is 1. The van der Waals surface area contributed by atoms with E-state index in [1.54, 1.807) is 0 Å². The third kappa shape index (κ3) is 3.24. The second-order valence-corrected chi connectivity index (χ2v) is 7.13. The molecule has 1 saturated heterocycles. The van der Waals surface area contributed by atoms with Crippen molar-refractivity contribution < 1.29 is 4.79 Å². The van der Waals surface area contributed by atoms with Gasteiger partial charge in [0.2, 0.25) is 0 Å². The largest absolute Gasteiger partial charge is 0.337 e. The lowest BCUT2D eigenvalue weighted by molar-refractivity contribution is 0.148. The summed E-state index contributed by atoms with van der Waals surface area (Å²) in [7, 11) is 0. The minimum atomic E-state index is 0.117. The summed E-state index contributed by atoms with van der Waals surface area (Å²) in [5.41, 5.74) is 1.43. The number of carbonyl (C=O) groups is 1. The molecular weight excluding hydrogens is 296 g/mol. The maximum Gasteiger partial charge on any atom is 0.317 e. The molecule has 2 amide bonds. The van der Waals surface area contributed by atoms with E-state index in [1.807, 2.05) is 17.0 Å². The lowest BCUT2D eigenvalue weighted by Crippen LogP contribution is -2.49. The van der Waals surface area contributed by atoms with Crippen LogP contribution in [0.4, 0.5) is 4.79 Å². The number of halogens is 1. The molecule has 1 N–H and O–H groups in total. The van der Waals surface area contributed by atoms with Crippen molar-refractivity contribution in [2.45, 2.75) is 56.9 Å². The molecule has 0 radical (unpaired) electrons. The van der Waals surface area contributed by atoms with Gasteiger partial charge in [0.1, 0.15) is 0 Å². The van der Waals surface area contributed by atoms with Gasteiger partial charge in [-0.1, -0.05) is 30.7 Å². The lowest BCUT2D eigenvalue weighted by Gasteiger charge is -2.35. The van der Waals surface area contributed by atoms with E-state index >= 15 is 0 Å². The summed E-state index contributed by atoms with van der Waals surface area (Å²) >= 11 is 5.97. The Morgan fingerprint density at radius 1 is 1.32 bits per heavy atom. The maximum absolute atomic E-state index is 12.5. The first kappa shape index (κ1) is 15.7. The van der Waals surface area contributed by atoms with Crippen LogP contribution in [0.15, 0.2) is 24.3 Å². The SMILES string of the molecule is CC[C@@H]1CCCCN1C(=O)NCC1(c2ccc(Cl)cc2)CC1. The standard InChI is InChI=1S/C18H25ClN2O/c1-2-16-5-3-4-12-21(16)17(22)20-13-18(10-11-18)14-6-8-15(19)9-7-14/h6-9,16H,2-5,10-13H2,1H3,(H,20,22)/t16-/m1/s1. The number of hydrogen-bond donors (Lipinski definition) is 1. The molecule has 1 aliphatic heterocycles. The van der Waals surface area contributed by atoms with E-state index in [0.717, 1.165) is 50.2 Å². The second-order valence-electron chi connectivity index (χ2n) is 6.70.